The number of carboxylic acid groups (broad SMARTS) is 1. The number of nitrogens with zero attached hydrogens (tertiary/aromatic N) is 1. The summed E-state index contributed by atoms with van der Waals surface area (Å²) in [6, 6.07) is 6.35. The number of benzene rings is 1. The van der Waals surface area contributed by atoms with Crippen molar-refractivity contribution in [3.8, 4) is 5.75 Å². The number of carbonyl (C=O) groups excluding carboxylic acids is 1. The first kappa shape index (κ1) is 20.2. The summed E-state index contributed by atoms with van der Waals surface area (Å²) in [5, 5.41) is 8.78. The summed E-state index contributed by atoms with van der Waals surface area (Å²) in [6.07, 6.45) is 2.74. The molecule has 158 valence electrons. The van der Waals surface area contributed by atoms with Crippen molar-refractivity contribution in [1.29, 1.82) is 0 Å². The average molecular weight is 402 g/mol. The number of ether oxygens (including phenoxy) is 2. The van der Waals surface area contributed by atoms with E-state index in [9.17, 15) is 9.59 Å². The van der Waals surface area contributed by atoms with Crippen LogP contribution in [0, 0.1) is 18.8 Å². The Bertz CT molecular complexity index is 804. The van der Waals surface area contributed by atoms with E-state index in [0.717, 1.165) is 24.2 Å². The molecule has 1 N–H and O–H groups in total. The van der Waals surface area contributed by atoms with Gasteiger partial charge in [-0.1, -0.05) is 12.1 Å². The van der Waals surface area contributed by atoms with Crippen LogP contribution < -0.4 is 4.74 Å². The van der Waals surface area contributed by atoms with Gasteiger partial charge in [0.25, 0.3) is 0 Å². The van der Waals surface area contributed by atoms with Crippen LogP contribution >= 0.6 is 0 Å². The first-order valence-corrected chi connectivity index (χ1v) is 10.7. The molecule has 3 aliphatic heterocycles. The van der Waals surface area contributed by atoms with Crippen molar-refractivity contribution < 1.29 is 24.2 Å². The number of aliphatic carboxylic acids is 1. The van der Waals surface area contributed by atoms with Crippen molar-refractivity contribution in [3.05, 3.63) is 29.3 Å². The highest BCUT2D eigenvalue weighted by Crippen LogP contribution is 2.53. The van der Waals surface area contributed by atoms with Gasteiger partial charge in [-0.05, 0) is 51.7 Å². The lowest BCUT2D eigenvalue weighted by Crippen LogP contribution is -2.56. The van der Waals surface area contributed by atoms with Crippen LogP contribution in [0.1, 0.15) is 63.2 Å². The third-order valence-corrected chi connectivity index (χ3v) is 6.78. The van der Waals surface area contributed by atoms with E-state index in [1.165, 1.54) is 5.56 Å². The van der Waals surface area contributed by atoms with Crippen molar-refractivity contribution in [2.75, 3.05) is 13.1 Å². The van der Waals surface area contributed by atoms with Gasteiger partial charge in [0.1, 0.15) is 11.4 Å². The van der Waals surface area contributed by atoms with Gasteiger partial charge in [-0.3, -0.25) is 9.59 Å². The number of rotatable bonds is 4. The summed E-state index contributed by atoms with van der Waals surface area (Å²) in [5.41, 5.74) is 2.00. The fourth-order valence-electron chi connectivity index (χ4n) is 5.19. The molecule has 3 aliphatic rings. The van der Waals surface area contributed by atoms with Crippen LogP contribution in [0.3, 0.4) is 0 Å². The molecule has 6 nitrogen and oxygen atoms in total. The van der Waals surface area contributed by atoms with Gasteiger partial charge in [0.05, 0.1) is 12.2 Å². The number of amides is 1. The molecule has 29 heavy (non-hydrogen) atoms. The Morgan fingerprint density at radius 2 is 2.07 bits per heavy atom. The zero-order chi connectivity index (χ0) is 20.8. The monoisotopic (exact) mass is 401 g/mol. The molecule has 2 fully saturated rings. The minimum Gasteiger partial charge on any atom is -0.487 e. The van der Waals surface area contributed by atoms with Crippen LogP contribution in [0.15, 0.2) is 18.2 Å². The largest absolute Gasteiger partial charge is 0.487 e. The van der Waals surface area contributed by atoms with Crippen LogP contribution in [0.4, 0.5) is 0 Å². The van der Waals surface area contributed by atoms with E-state index >= 15 is 0 Å². The second-order valence-corrected chi connectivity index (χ2v) is 9.32. The predicted octanol–water partition coefficient (Wildman–Crippen LogP) is 3.72. The highest BCUT2D eigenvalue weighted by atomic mass is 16.5. The van der Waals surface area contributed by atoms with Gasteiger partial charge in [0.2, 0.25) is 5.91 Å². The van der Waals surface area contributed by atoms with E-state index in [2.05, 4.69) is 39.0 Å². The molecule has 1 aromatic carbocycles. The number of piperidine rings is 1. The number of hydrogen-bond donors (Lipinski definition) is 1. The summed E-state index contributed by atoms with van der Waals surface area (Å²) >= 11 is 0. The van der Waals surface area contributed by atoms with E-state index in [0.29, 0.717) is 31.8 Å². The molecule has 3 heterocycles. The summed E-state index contributed by atoms with van der Waals surface area (Å²) in [7, 11) is 0. The molecular formula is C23H31NO5. The molecule has 1 aromatic rings. The zero-order valence-electron chi connectivity index (χ0n) is 17.5. The van der Waals surface area contributed by atoms with Gasteiger partial charge >= 0.3 is 5.97 Å². The average Bonchev–Trinajstić information content (AvgIpc) is 2.65. The number of hydrogen-bond acceptors (Lipinski definition) is 4. The van der Waals surface area contributed by atoms with E-state index in [4.69, 9.17) is 14.6 Å². The molecule has 4 atom stereocenters. The standard InChI is InChI=1S/C23H31NO5/c1-14-7-8-16-19(11-14)29-23(2,3)17-12-15-13-24(10-9-18(15)28-22(16)17)20(25)5-4-6-21(26)27/h7-8,11,15,17-18,22H,4-6,9-10,12-13H2,1-3H3,(H,26,27)/t15-,17+,18+,22-/m1/s1. The Morgan fingerprint density at radius 3 is 2.83 bits per heavy atom. The van der Waals surface area contributed by atoms with Crippen molar-refractivity contribution in [1.82, 2.24) is 4.90 Å². The summed E-state index contributed by atoms with van der Waals surface area (Å²) in [5.74, 6) is 0.676. The van der Waals surface area contributed by atoms with Crippen LogP contribution in [-0.4, -0.2) is 46.7 Å². The molecule has 1 amide bonds. The third-order valence-electron chi connectivity index (χ3n) is 6.78. The van der Waals surface area contributed by atoms with Crippen molar-refractivity contribution in [3.63, 3.8) is 0 Å². The van der Waals surface area contributed by atoms with Gasteiger partial charge in [-0.2, -0.15) is 0 Å². The van der Waals surface area contributed by atoms with E-state index < -0.39 is 5.97 Å². The van der Waals surface area contributed by atoms with Crippen molar-refractivity contribution in [2.45, 2.75) is 70.7 Å². The predicted molar refractivity (Wildman–Crippen MR) is 108 cm³/mol. The molecule has 0 bridgehead atoms. The fraction of sp³-hybridized carbons (Fsp3) is 0.652. The van der Waals surface area contributed by atoms with E-state index in [1.54, 1.807) is 0 Å². The highest BCUT2D eigenvalue weighted by Gasteiger charge is 2.51. The minimum absolute atomic E-state index is 0.0356. The number of carbonyl (C=O) groups is 2. The SMILES string of the molecule is Cc1ccc2c(c1)OC(C)(C)[C@H]1C[C@@H]3CN(C(=O)CCCC(=O)O)CC[C@@H]3O[C@H]21. The lowest BCUT2D eigenvalue weighted by molar-refractivity contribution is -0.188. The number of fused-ring (bicyclic) bond motifs is 4. The van der Waals surface area contributed by atoms with Crippen LogP contribution in [0.2, 0.25) is 0 Å². The smallest absolute Gasteiger partial charge is 0.303 e. The number of likely N-dealkylation sites (tertiary alicyclic amines) is 1. The number of aryl methyl sites for hydroxylation is 1. The lowest BCUT2D eigenvalue weighted by atomic mass is 9.70. The normalized spacial score (nSPS) is 29.8. The molecule has 0 aliphatic carbocycles. The van der Waals surface area contributed by atoms with Crippen LogP contribution in [-0.2, 0) is 14.3 Å². The van der Waals surface area contributed by atoms with Crippen molar-refractivity contribution in [2.24, 2.45) is 11.8 Å². The summed E-state index contributed by atoms with van der Waals surface area (Å²) in [4.78, 5) is 25.1. The first-order chi connectivity index (χ1) is 13.7. The second kappa shape index (κ2) is 7.63. The molecule has 4 rings (SSSR count). The molecule has 6 heteroatoms. The van der Waals surface area contributed by atoms with Gasteiger partial charge in [-0.25, -0.2) is 0 Å². The van der Waals surface area contributed by atoms with Crippen LogP contribution in [0.25, 0.3) is 0 Å². The maximum absolute atomic E-state index is 12.5. The summed E-state index contributed by atoms with van der Waals surface area (Å²) in [6.45, 7) is 7.72. The van der Waals surface area contributed by atoms with Crippen LogP contribution in [0.5, 0.6) is 5.75 Å². The Morgan fingerprint density at radius 1 is 1.28 bits per heavy atom. The molecule has 0 radical (unpaired) electrons. The maximum Gasteiger partial charge on any atom is 0.303 e. The Kier molecular flexibility index (Phi) is 5.32. The van der Waals surface area contributed by atoms with E-state index in [1.807, 2.05) is 4.90 Å². The van der Waals surface area contributed by atoms with Gasteiger partial charge in [0.15, 0.2) is 0 Å². The topological polar surface area (TPSA) is 76.1 Å². The number of carboxylic acids is 1. The van der Waals surface area contributed by atoms with E-state index in [-0.39, 0.29) is 36.1 Å². The molecule has 0 aromatic heterocycles. The minimum atomic E-state index is -0.849. The summed E-state index contributed by atoms with van der Waals surface area (Å²) < 4.78 is 13.0. The quantitative estimate of drug-likeness (QED) is 0.832. The highest BCUT2D eigenvalue weighted by molar-refractivity contribution is 5.77. The molecule has 0 saturated carbocycles. The van der Waals surface area contributed by atoms with Crippen molar-refractivity contribution >= 4 is 11.9 Å². The zero-order valence-corrected chi connectivity index (χ0v) is 17.5. The molecular weight excluding hydrogens is 370 g/mol. The lowest BCUT2D eigenvalue weighted by Gasteiger charge is -2.53. The second-order valence-electron chi connectivity index (χ2n) is 9.32. The third kappa shape index (κ3) is 4.00. The Balaban J connectivity index is 1.46. The van der Waals surface area contributed by atoms with Gasteiger partial charge < -0.3 is 19.5 Å². The Hall–Kier alpha value is -2.08. The molecule has 0 unspecified atom stereocenters. The van der Waals surface area contributed by atoms with Gasteiger partial charge in [-0.15, -0.1) is 0 Å². The fourth-order valence-corrected chi connectivity index (χ4v) is 5.19. The Labute approximate surface area is 172 Å². The first-order valence-electron chi connectivity index (χ1n) is 10.7. The molecule has 2 saturated heterocycles. The van der Waals surface area contributed by atoms with Gasteiger partial charge in [0, 0.05) is 43.3 Å². The maximum atomic E-state index is 12.5. The molecule has 0 spiro atoms.